The number of aryl methyl sites for hydroxylation is 3. The van der Waals surface area contributed by atoms with E-state index in [0.29, 0.717) is 0 Å². The SMILES string of the molecule is Cc1ccc(Oc2ccc(Nc3ncnc4sc5c(c34)CCC(CCN3CCCC3)C5)cc2C)cn1. The minimum Gasteiger partial charge on any atom is -0.455 e. The maximum atomic E-state index is 6.05. The van der Waals surface area contributed by atoms with Crippen molar-refractivity contribution in [3.63, 3.8) is 0 Å². The highest BCUT2D eigenvalue weighted by molar-refractivity contribution is 7.19. The summed E-state index contributed by atoms with van der Waals surface area (Å²) in [6.45, 7) is 7.88. The van der Waals surface area contributed by atoms with E-state index in [9.17, 15) is 0 Å². The molecule has 1 aliphatic carbocycles. The smallest absolute Gasteiger partial charge is 0.145 e. The Kier molecular flexibility index (Phi) is 6.59. The zero-order valence-corrected chi connectivity index (χ0v) is 21.9. The van der Waals surface area contributed by atoms with E-state index in [1.165, 1.54) is 67.6 Å². The van der Waals surface area contributed by atoms with E-state index in [-0.39, 0.29) is 0 Å². The molecular weight excluding hydrogens is 466 g/mol. The van der Waals surface area contributed by atoms with Gasteiger partial charge in [0.15, 0.2) is 0 Å². The van der Waals surface area contributed by atoms with E-state index in [1.807, 2.05) is 42.5 Å². The molecule has 1 saturated heterocycles. The van der Waals surface area contributed by atoms with Crippen LogP contribution < -0.4 is 10.1 Å². The maximum Gasteiger partial charge on any atom is 0.145 e. The molecule has 0 spiro atoms. The number of pyridine rings is 1. The number of ether oxygens (including phenoxy) is 1. The topological polar surface area (TPSA) is 63.2 Å². The monoisotopic (exact) mass is 499 g/mol. The van der Waals surface area contributed by atoms with Crippen LogP contribution in [0.5, 0.6) is 11.5 Å². The van der Waals surface area contributed by atoms with Crippen LogP contribution in [0.1, 0.15) is 47.4 Å². The quantitative estimate of drug-likeness (QED) is 0.301. The number of rotatable bonds is 7. The minimum absolute atomic E-state index is 0.741. The van der Waals surface area contributed by atoms with Crippen LogP contribution in [0.15, 0.2) is 42.9 Å². The van der Waals surface area contributed by atoms with Crippen LogP contribution >= 0.6 is 11.3 Å². The van der Waals surface area contributed by atoms with Gasteiger partial charge in [-0.05, 0) is 119 Å². The molecule has 36 heavy (non-hydrogen) atoms. The summed E-state index contributed by atoms with van der Waals surface area (Å²) in [4.78, 5) is 18.9. The standard InChI is InChI=1S/C29H33N5OS/c1-19-15-22(7-10-25(19)35-23-8-5-20(2)30-17-23)33-28-27-24-9-6-21(11-14-34-12-3-4-13-34)16-26(24)36-29(27)32-18-31-28/h5,7-8,10,15,17-18,21H,3-4,6,9,11-14,16H2,1-2H3,(H,31,32,33). The molecule has 3 aromatic heterocycles. The molecule has 1 unspecified atom stereocenters. The molecule has 186 valence electrons. The number of benzene rings is 1. The highest BCUT2D eigenvalue weighted by atomic mass is 32.1. The second-order valence-corrected chi connectivity index (χ2v) is 11.3. The molecule has 2 aliphatic rings. The average molecular weight is 500 g/mol. The van der Waals surface area contributed by atoms with Gasteiger partial charge in [0.2, 0.25) is 0 Å². The third-order valence-corrected chi connectivity index (χ3v) is 8.71. The number of nitrogens with zero attached hydrogens (tertiary/aromatic N) is 4. The predicted molar refractivity (Wildman–Crippen MR) is 147 cm³/mol. The molecular formula is C29H33N5OS. The van der Waals surface area contributed by atoms with Crippen molar-refractivity contribution in [2.24, 2.45) is 5.92 Å². The van der Waals surface area contributed by atoms with Crippen LogP contribution in [0.25, 0.3) is 10.2 Å². The zero-order chi connectivity index (χ0) is 24.5. The molecule has 1 aromatic carbocycles. The van der Waals surface area contributed by atoms with Gasteiger partial charge in [0.05, 0.1) is 11.6 Å². The molecule has 1 atom stereocenters. The third-order valence-electron chi connectivity index (χ3n) is 7.55. The third kappa shape index (κ3) is 4.95. The van der Waals surface area contributed by atoms with E-state index in [1.54, 1.807) is 12.5 Å². The Morgan fingerprint density at radius 1 is 1.08 bits per heavy atom. The Hall–Kier alpha value is -3.03. The molecule has 1 aliphatic heterocycles. The van der Waals surface area contributed by atoms with Crippen LogP contribution in [0, 0.1) is 19.8 Å². The molecule has 0 bridgehead atoms. The van der Waals surface area contributed by atoms with Crippen molar-refractivity contribution in [3.8, 4) is 11.5 Å². The van der Waals surface area contributed by atoms with E-state index < -0.39 is 0 Å². The second-order valence-electron chi connectivity index (χ2n) is 10.2. The largest absolute Gasteiger partial charge is 0.455 e. The molecule has 4 aromatic rings. The maximum absolute atomic E-state index is 6.05. The molecule has 6 nitrogen and oxygen atoms in total. The number of anilines is 2. The number of likely N-dealkylation sites (tertiary alicyclic amines) is 1. The van der Waals surface area contributed by atoms with E-state index in [4.69, 9.17) is 4.74 Å². The fraction of sp³-hybridized carbons (Fsp3) is 0.414. The van der Waals surface area contributed by atoms with Crippen molar-refractivity contribution < 1.29 is 4.74 Å². The van der Waals surface area contributed by atoms with Crippen molar-refractivity contribution >= 4 is 33.1 Å². The van der Waals surface area contributed by atoms with Gasteiger partial charge in [-0.25, -0.2) is 9.97 Å². The highest BCUT2D eigenvalue weighted by Crippen LogP contribution is 2.41. The summed E-state index contributed by atoms with van der Waals surface area (Å²) in [5.41, 5.74) is 4.49. The van der Waals surface area contributed by atoms with Gasteiger partial charge in [-0.15, -0.1) is 11.3 Å². The first kappa shape index (κ1) is 23.4. The van der Waals surface area contributed by atoms with Gasteiger partial charge in [0.1, 0.15) is 28.5 Å². The summed E-state index contributed by atoms with van der Waals surface area (Å²) in [5.74, 6) is 3.26. The summed E-state index contributed by atoms with van der Waals surface area (Å²) >= 11 is 1.86. The molecule has 0 radical (unpaired) electrons. The highest BCUT2D eigenvalue weighted by Gasteiger charge is 2.26. The Balaban J connectivity index is 1.18. The number of hydrogen-bond acceptors (Lipinski definition) is 7. The lowest BCUT2D eigenvalue weighted by molar-refractivity contribution is 0.291. The summed E-state index contributed by atoms with van der Waals surface area (Å²) in [5, 5.41) is 4.78. The van der Waals surface area contributed by atoms with E-state index in [2.05, 4.69) is 38.2 Å². The second kappa shape index (κ2) is 10.1. The lowest BCUT2D eigenvalue weighted by Gasteiger charge is -2.24. The van der Waals surface area contributed by atoms with Gasteiger partial charge >= 0.3 is 0 Å². The van der Waals surface area contributed by atoms with Gasteiger partial charge in [0, 0.05) is 16.3 Å². The van der Waals surface area contributed by atoms with Gasteiger partial charge in [-0.2, -0.15) is 0 Å². The molecule has 0 saturated carbocycles. The first-order chi connectivity index (χ1) is 17.6. The van der Waals surface area contributed by atoms with Crippen molar-refractivity contribution in [3.05, 3.63) is 64.6 Å². The summed E-state index contributed by atoms with van der Waals surface area (Å²) < 4.78 is 6.05. The lowest BCUT2D eigenvalue weighted by Crippen LogP contribution is -2.24. The Morgan fingerprint density at radius 3 is 2.78 bits per heavy atom. The van der Waals surface area contributed by atoms with Crippen molar-refractivity contribution in [1.82, 2.24) is 19.9 Å². The predicted octanol–water partition coefficient (Wildman–Crippen LogP) is 6.83. The van der Waals surface area contributed by atoms with Crippen molar-refractivity contribution in [2.45, 2.75) is 52.4 Å². The number of fused-ring (bicyclic) bond motifs is 3. The zero-order valence-electron chi connectivity index (χ0n) is 21.1. The fourth-order valence-corrected chi connectivity index (χ4v) is 6.81. The van der Waals surface area contributed by atoms with E-state index >= 15 is 0 Å². The number of aromatic nitrogens is 3. The van der Waals surface area contributed by atoms with Crippen LogP contribution in [-0.2, 0) is 12.8 Å². The Morgan fingerprint density at radius 2 is 1.97 bits per heavy atom. The number of nitrogens with one attached hydrogen (secondary N) is 1. The molecule has 4 heterocycles. The summed E-state index contributed by atoms with van der Waals surface area (Å²) in [6, 6.07) is 10.1. The van der Waals surface area contributed by atoms with E-state index in [0.717, 1.165) is 51.4 Å². The van der Waals surface area contributed by atoms with Gasteiger partial charge in [-0.1, -0.05) is 0 Å². The average Bonchev–Trinajstić information content (AvgIpc) is 3.53. The van der Waals surface area contributed by atoms with Crippen molar-refractivity contribution in [2.75, 3.05) is 25.0 Å². The summed E-state index contributed by atoms with van der Waals surface area (Å²) in [7, 11) is 0. The van der Waals surface area contributed by atoms with Crippen LogP contribution in [0.3, 0.4) is 0 Å². The molecule has 1 N–H and O–H groups in total. The Bertz CT molecular complexity index is 1360. The first-order valence-corrected chi connectivity index (χ1v) is 13.9. The van der Waals surface area contributed by atoms with Crippen molar-refractivity contribution in [1.29, 1.82) is 0 Å². The number of thiophene rings is 1. The summed E-state index contributed by atoms with van der Waals surface area (Å²) in [6.07, 6.45) is 11.1. The Labute approximate surface area is 216 Å². The molecule has 6 rings (SSSR count). The minimum atomic E-state index is 0.741. The molecule has 0 amide bonds. The molecule has 1 fully saturated rings. The van der Waals surface area contributed by atoms with Gasteiger partial charge in [-0.3, -0.25) is 4.98 Å². The fourth-order valence-electron chi connectivity index (χ4n) is 5.51. The lowest BCUT2D eigenvalue weighted by atomic mass is 9.85. The van der Waals surface area contributed by atoms with Gasteiger partial charge < -0.3 is 15.0 Å². The van der Waals surface area contributed by atoms with Crippen LogP contribution in [0.2, 0.25) is 0 Å². The normalized spacial score (nSPS) is 17.9. The van der Waals surface area contributed by atoms with Crippen LogP contribution in [0.4, 0.5) is 11.5 Å². The number of hydrogen-bond donors (Lipinski definition) is 1. The first-order valence-electron chi connectivity index (χ1n) is 13.1. The molecule has 7 heteroatoms. The van der Waals surface area contributed by atoms with Crippen LogP contribution in [-0.4, -0.2) is 39.5 Å². The van der Waals surface area contributed by atoms with Gasteiger partial charge in [0.25, 0.3) is 0 Å².